The minimum Gasteiger partial charge on any atom is -0.489 e. The molecule has 6 heteroatoms. The Labute approximate surface area is 122 Å². The van der Waals surface area contributed by atoms with Gasteiger partial charge in [-0.05, 0) is 24.6 Å². The number of benzene rings is 1. The van der Waals surface area contributed by atoms with E-state index >= 15 is 0 Å². The van der Waals surface area contributed by atoms with Crippen molar-refractivity contribution >= 4 is 11.5 Å². The van der Waals surface area contributed by atoms with Gasteiger partial charge in [-0.25, -0.2) is 4.98 Å². The van der Waals surface area contributed by atoms with E-state index in [-0.39, 0.29) is 5.69 Å². The first-order valence-corrected chi connectivity index (χ1v) is 6.75. The summed E-state index contributed by atoms with van der Waals surface area (Å²) in [6, 6.07) is 9.83. The van der Waals surface area contributed by atoms with E-state index in [1.54, 1.807) is 18.3 Å². The van der Waals surface area contributed by atoms with Crippen molar-refractivity contribution in [2.24, 2.45) is 0 Å². The van der Waals surface area contributed by atoms with Crippen LogP contribution in [0.15, 0.2) is 42.6 Å². The molecule has 1 aromatic heterocycles. The molecule has 6 nitrogen and oxygen atoms in total. The number of pyridine rings is 1. The fourth-order valence-electron chi connectivity index (χ4n) is 1.78. The van der Waals surface area contributed by atoms with Gasteiger partial charge in [0, 0.05) is 30.4 Å². The summed E-state index contributed by atoms with van der Waals surface area (Å²) >= 11 is 0. The van der Waals surface area contributed by atoms with E-state index < -0.39 is 4.92 Å². The minimum atomic E-state index is -0.433. The molecule has 0 bridgehead atoms. The van der Waals surface area contributed by atoms with Crippen molar-refractivity contribution in [1.29, 1.82) is 0 Å². The van der Waals surface area contributed by atoms with Gasteiger partial charge in [0.2, 0.25) is 0 Å². The molecule has 0 aliphatic rings. The van der Waals surface area contributed by atoms with E-state index in [0.717, 1.165) is 24.3 Å². The van der Waals surface area contributed by atoms with Crippen LogP contribution < -0.4 is 10.1 Å². The third-order valence-electron chi connectivity index (χ3n) is 2.88. The van der Waals surface area contributed by atoms with Crippen LogP contribution in [0.5, 0.6) is 5.75 Å². The molecular weight excluding hydrogens is 270 g/mol. The highest BCUT2D eigenvalue weighted by Crippen LogP contribution is 2.20. The molecular formula is C15H17N3O3. The average Bonchev–Trinajstić information content (AvgIpc) is 2.52. The lowest BCUT2D eigenvalue weighted by Gasteiger charge is -2.11. The highest BCUT2D eigenvalue weighted by atomic mass is 16.6. The van der Waals surface area contributed by atoms with Crippen LogP contribution in [0.1, 0.15) is 18.9 Å². The number of nitro groups is 1. The van der Waals surface area contributed by atoms with E-state index in [2.05, 4.69) is 17.2 Å². The van der Waals surface area contributed by atoms with Crippen LogP contribution in [0.3, 0.4) is 0 Å². The Balaban J connectivity index is 2.00. The van der Waals surface area contributed by atoms with E-state index in [4.69, 9.17) is 4.74 Å². The lowest BCUT2D eigenvalue weighted by Crippen LogP contribution is -2.07. The summed E-state index contributed by atoms with van der Waals surface area (Å²) in [5, 5.41) is 13.8. The number of anilines is 1. The third-order valence-corrected chi connectivity index (χ3v) is 2.88. The SMILES string of the molecule is CCCNc1ncccc1COc1ccc([N+](=O)[O-])cc1. The second-order valence-corrected chi connectivity index (χ2v) is 4.48. The molecule has 1 N–H and O–H groups in total. The summed E-state index contributed by atoms with van der Waals surface area (Å²) in [4.78, 5) is 14.4. The van der Waals surface area contributed by atoms with Crippen LogP contribution in [0.2, 0.25) is 0 Å². The first-order valence-electron chi connectivity index (χ1n) is 6.75. The maximum atomic E-state index is 10.6. The fourth-order valence-corrected chi connectivity index (χ4v) is 1.78. The van der Waals surface area contributed by atoms with Crippen LogP contribution in [0, 0.1) is 10.1 Å². The monoisotopic (exact) mass is 287 g/mol. The fraction of sp³-hybridized carbons (Fsp3) is 0.267. The molecule has 0 spiro atoms. The molecule has 0 saturated carbocycles. The Morgan fingerprint density at radius 1 is 1.29 bits per heavy atom. The van der Waals surface area contributed by atoms with Crippen LogP contribution >= 0.6 is 0 Å². The molecule has 0 aliphatic heterocycles. The lowest BCUT2D eigenvalue weighted by molar-refractivity contribution is -0.384. The van der Waals surface area contributed by atoms with Gasteiger partial charge in [0.15, 0.2) is 0 Å². The maximum absolute atomic E-state index is 10.6. The van der Waals surface area contributed by atoms with Gasteiger partial charge in [0.25, 0.3) is 5.69 Å². The molecule has 0 saturated heterocycles. The Hall–Kier alpha value is -2.63. The van der Waals surface area contributed by atoms with Gasteiger partial charge in [-0.15, -0.1) is 0 Å². The van der Waals surface area contributed by atoms with Gasteiger partial charge in [-0.1, -0.05) is 13.0 Å². The average molecular weight is 287 g/mol. The topological polar surface area (TPSA) is 77.3 Å². The van der Waals surface area contributed by atoms with Crippen molar-refractivity contribution < 1.29 is 9.66 Å². The molecule has 0 amide bonds. The van der Waals surface area contributed by atoms with Gasteiger partial charge in [0.1, 0.15) is 18.2 Å². The normalized spacial score (nSPS) is 10.1. The summed E-state index contributed by atoms with van der Waals surface area (Å²) in [6.07, 6.45) is 2.74. The smallest absolute Gasteiger partial charge is 0.269 e. The number of non-ortho nitro benzene ring substituents is 1. The number of nitro benzene ring substituents is 1. The predicted molar refractivity (Wildman–Crippen MR) is 80.4 cm³/mol. The molecule has 2 aromatic rings. The Kier molecular flexibility index (Phi) is 5.09. The van der Waals surface area contributed by atoms with Crippen molar-refractivity contribution in [3.8, 4) is 5.75 Å². The Bertz CT molecular complexity index is 599. The number of nitrogens with zero attached hydrogens (tertiary/aromatic N) is 2. The zero-order chi connectivity index (χ0) is 15.1. The van der Waals surface area contributed by atoms with E-state index in [1.165, 1.54) is 12.1 Å². The standard InChI is InChI=1S/C15H17N3O3/c1-2-9-16-15-12(4-3-10-17-15)11-21-14-7-5-13(6-8-14)18(19)20/h3-8,10H,2,9,11H2,1H3,(H,16,17). The minimum absolute atomic E-state index is 0.0500. The number of nitrogens with one attached hydrogen (secondary N) is 1. The number of ether oxygens (including phenoxy) is 1. The highest BCUT2D eigenvalue weighted by molar-refractivity contribution is 5.43. The number of rotatable bonds is 7. The largest absolute Gasteiger partial charge is 0.489 e. The molecule has 2 rings (SSSR count). The van der Waals surface area contributed by atoms with Crippen LogP contribution in [-0.4, -0.2) is 16.5 Å². The molecule has 21 heavy (non-hydrogen) atoms. The van der Waals surface area contributed by atoms with Crippen molar-refractivity contribution in [1.82, 2.24) is 4.98 Å². The van der Waals surface area contributed by atoms with E-state index in [9.17, 15) is 10.1 Å². The molecule has 0 fully saturated rings. The van der Waals surface area contributed by atoms with Gasteiger partial charge >= 0.3 is 0 Å². The maximum Gasteiger partial charge on any atom is 0.269 e. The quantitative estimate of drug-likeness (QED) is 0.624. The van der Waals surface area contributed by atoms with Crippen molar-refractivity contribution in [3.63, 3.8) is 0 Å². The van der Waals surface area contributed by atoms with Crippen LogP contribution in [0.25, 0.3) is 0 Å². The molecule has 1 heterocycles. The Morgan fingerprint density at radius 2 is 2.05 bits per heavy atom. The number of aromatic nitrogens is 1. The van der Waals surface area contributed by atoms with Crippen LogP contribution in [0.4, 0.5) is 11.5 Å². The molecule has 0 radical (unpaired) electrons. The Morgan fingerprint density at radius 3 is 2.71 bits per heavy atom. The summed E-state index contributed by atoms with van der Waals surface area (Å²) in [6.45, 7) is 3.29. The second kappa shape index (κ2) is 7.23. The molecule has 110 valence electrons. The molecule has 0 aliphatic carbocycles. The first-order chi connectivity index (χ1) is 10.2. The van der Waals surface area contributed by atoms with E-state index in [1.807, 2.05) is 12.1 Å². The zero-order valence-electron chi connectivity index (χ0n) is 11.8. The molecule has 1 aromatic carbocycles. The first kappa shape index (κ1) is 14.8. The van der Waals surface area contributed by atoms with Crippen molar-refractivity contribution in [3.05, 3.63) is 58.3 Å². The summed E-state index contributed by atoms with van der Waals surface area (Å²) in [5.41, 5.74) is 0.998. The van der Waals surface area contributed by atoms with Gasteiger partial charge < -0.3 is 10.1 Å². The van der Waals surface area contributed by atoms with Crippen LogP contribution in [-0.2, 0) is 6.61 Å². The highest BCUT2D eigenvalue weighted by Gasteiger charge is 2.06. The third kappa shape index (κ3) is 4.17. The predicted octanol–water partition coefficient (Wildman–Crippen LogP) is 3.39. The number of hydrogen-bond donors (Lipinski definition) is 1. The molecule has 0 unspecified atom stereocenters. The summed E-state index contributed by atoms with van der Waals surface area (Å²) in [7, 11) is 0. The summed E-state index contributed by atoms with van der Waals surface area (Å²) in [5.74, 6) is 1.40. The second-order valence-electron chi connectivity index (χ2n) is 4.48. The zero-order valence-corrected chi connectivity index (χ0v) is 11.8. The lowest BCUT2D eigenvalue weighted by atomic mass is 10.2. The van der Waals surface area contributed by atoms with Gasteiger partial charge in [-0.2, -0.15) is 0 Å². The van der Waals surface area contributed by atoms with Crippen molar-refractivity contribution in [2.45, 2.75) is 20.0 Å². The van der Waals surface area contributed by atoms with Gasteiger partial charge in [0.05, 0.1) is 4.92 Å². The van der Waals surface area contributed by atoms with Crippen molar-refractivity contribution in [2.75, 3.05) is 11.9 Å². The van der Waals surface area contributed by atoms with Gasteiger partial charge in [-0.3, -0.25) is 10.1 Å². The van der Waals surface area contributed by atoms with E-state index in [0.29, 0.717) is 12.4 Å². The number of hydrogen-bond acceptors (Lipinski definition) is 5. The summed E-state index contributed by atoms with van der Waals surface area (Å²) < 4.78 is 5.64. The molecule has 0 atom stereocenters.